The molecule has 1 heteroatoms. The van der Waals surface area contributed by atoms with Crippen LogP contribution in [0.5, 0.6) is 0 Å². The Morgan fingerprint density at radius 2 is 1.38 bits per heavy atom. The first-order chi connectivity index (χ1) is 7.79. The maximum atomic E-state index is 2.26. The van der Waals surface area contributed by atoms with E-state index in [1.54, 1.807) is 0 Å². The molecular formula is C15H14Ti. The second-order valence-corrected chi connectivity index (χ2v) is 4.75. The van der Waals surface area contributed by atoms with Gasteiger partial charge in [0.25, 0.3) is 0 Å². The molecule has 0 bridgehead atoms. The SMILES string of the molecule is CC([C](=[Ti])c1ccccc1)c1ccccc1. The van der Waals surface area contributed by atoms with Crippen molar-refractivity contribution in [2.24, 2.45) is 0 Å². The normalized spacial score (nSPS) is 12.0. The Bertz CT molecular complexity index is 459. The van der Waals surface area contributed by atoms with Crippen LogP contribution in [-0.4, -0.2) is 3.81 Å². The van der Waals surface area contributed by atoms with Crippen LogP contribution >= 0.6 is 0 Å². The van der Waals surface area contributed by atoms with Crippen LogP contribution in [0.4, 0.5) is 0 Å². The molecule has 0 aliphatic rings. The van der Waals surface area contributed by atoms with Crippen LogP contribution in [0.25, 0.3) is 0 Å². The summed E-state index contributed by atoms with van der Waals surface area (Å²) in [4.78, 5) is 0. The van der Waals surface area contributed by atoms with E-state index in [1.165, 1.54) is 14.9 Å². The summed E-state index contributed by atoms with van der Waals surface area (Å²) >= 11 is 2.22. The average Bonchev–Trinajstić information content (AvgIpc) is 2.39. The monoisotopic (exact) mass is 242 g/mol. The molecular weight excluding hydrogens is 228 g/mol. The Morgan fingerprint density at radius 1 is 0.875 bits per heavy atom. The van der Waals surface area contributed by atoms with Crippen LogP contribution in [0, 0.1) is 0 Å². The Hall–Kier alpha value is -0.976. The van der Waals surface area contributed by atoms with Gasteiger partial charge in [0.1, 0.15) is 0 Å². The van der Waals surface area contributed by atoms with Crippen molar-refractivity contribution in [2.45, 2.75) is 12.8 Å². The molecule has 0 heterocycles. The Labute approximate surface area is 108 Å². The molecule has 78 valence electrons. The van der Waals surface area contributed by atoms with Crippen molar-refractivity contribution < 1.29 is 20.0 Å². The molecule has 0 aliphatic heterocycles. The molecule has 2 rings (SSSR count). The van der Waals surface area contributed by atoms with Gasteiger partial charge in [-0.15, -0.1) is 0 Å². The number of rotatable bonds is 3. The molecule has 0 fully saturated rings. The molecule has 0 spiro atoms. The summed E-state index contributed by atoms with van der Waals surface area (Å²) in [5.41, 5.74) is 2.71. The van der Waals surface area contributed by atoms with Crippen LogP contribution in [0.15, 0.2) is 60.7 Å². The van der Waals surface area contributed by atoms with Gasteiger partial charge in [0.2, 0.25) is 0 Å². The fourth-order valence-electron chi connectivity index (χ4n) is 1.78. The Balaban J connectivity index is 2.24. The first-order valence-electron chi connectivity index (χ1n) is 5.48. The van der Waals surface area contributed by atoms with E-state index in [2.05, 4.69) is 87.6 Å². The molecule has 2 aromatic rings. The molecule has 0 aromatic heterocycles. The summed E-state index contributed by atoms with van der Waals surface area (Å²) in [6.45, 7) is 2.26. The fraction of sp³-hybridized carbons (Fsp3) is 0.133. The minimum atomic E-state index is 0.476. The number of benzene rings is 2. The quantitative estimate of drug-likeness (QED) is 0.722. The third-order valence-electron chi connectivity index (χ3n) is 2.82. The maximum absolute atomic E-state index is 2.26. The standard InChI is InChI=1S/C15H14.Ti/c1-13(15-10-6-3-7-11-15)12-14-8-4-2-5-9-14;/h2-11,13H,1H3;. The summed E-state index contributed by atoms with van der Waals surface area (Å²) in [5.74, 6) is 0.476. The first kappa shape index (κ1) is 11.5. The second kappa shape index (κ2) is 5.38. The molecule has 0 radical (unpaired) electrons. The van der Waals surface area contributed by atoms with Gasteiger partial charge in [0, 0.05) is 0 Å². The fourth-order valence-corrected chi connectivity index (χ4v) is 2.30. The van der Waals surface area contributed by atoms with Gasteiger partial charge in [0.05, 0.1) is 0 Å². The van der Waals surface area contributed by atoms with Crippen molar-refractivity contribution >= 4 is 3.81 Å². The van der Waals surface area contributed by atoms with E-state index < -0.39 is 0 Å². The van der Waals surface area contributed by atoms with Gasteiger partial charge in [-0.1, -0.05) is 0 Å². The minimum absolute atomic E-state index is 0.476. The molecule has 1 atom stereocenters. The van der Waals surface area contributed by atoms with Crippen molar-refractivity contribution in [1.29, 1.82) is 0 Å². The van der Waals surface area contributed by atoms with E-state index >= 15 is 0 Å². The molecule has 0 N–H and O–H groups in total. The van der Waals surface area contributed by atoms with Crippen molar-refractivity contribution in [1.82, 2.24) is 0 Å². The van der Waals surface area contributed by atoms with Gasteiger partial charge < -0.3 is 0 Å². The summed E-state index contributed by atoms with van der Waals surface area (Å²) in [5, 5.41) is 0. The van der Waals surface area contributed by atoms with Crippen molar-refractivity contribution in [3.8, 4) is 0 Å². The number of hydrogen-bond acceptors (Lipinski definition) is 0. The van der Waals surface area contributed by atoms with Crippen LogP contribution in [-0.2, 0) is 20.0 Å². The summed E-state index contributed by atoms with van der Waals surface area (Å²) in [6, 6.07) is 21.2. The van der Waals surface area contributed by atoms with Crippen LogP contribution < -0.4 is 0 Å². The summed E-state index contributed by atoms with van der Waals surface area (Å²) in [6.07, 6.45) is 0. The average molecular weight is 242 g/mol. The molecule has 0 amide bonds. The molecule has 1 unspecified atom stereocenters. The van der Waals surface area contributed by atoms with E-state index in [9.17, 15) is 0 Å². The predicted molar refractivity (Wildman–Crippen MR) is 65.4 cm³/mol. The van der Waals surface area contributed by atoms with E-state index in [0.717, 1.165) is 0 Å². The molecule has 0 saturated heterocycles. The van der Waals surface area contributed by atoms with Gasteiger partial charge in [-0.3, -0.25) is 0 Å². The third-order valence-corrected chi connectivity index (χ3v) is 3.94. The van der Waals surface area contributed by atoms with E-state index in [4.69, 9.17) is 0 Å². The van der Waals surface area contributed by atoms with E-state index in [1.807, 2.05) is 0 Å². The van der Waals surface area contributed by atoms with Crippen molar-refractivity contribution in [2.75, 3.05) is 0 Å². The third kappa shape index (κ3) is 2.58. The summed E-state index contributed by atoms with van der Waals surface area (Å²) in [7, 11) is 0. The Kier molecular flexibility index (Phi) is 3.87. The topological polar surface area (TPSA) is 0 Å². The zero-order valence-corrected chi connectivity index (χ0v) is 10.9. The molecule has 2 aromatic carbocycles. The van der Waals surface area contributed by atoms with E-state index in [0.29, 0.717) is 5.92 Å². The van der Waals surface area contributed by atoms with Crippen LogP contribution in [0.2, 0.25) is 0 Å². The zero-order chi connectivity index (χ0) is 11.4. The van der Waals surface area contributed by atoms with Gasteiger partial charge in [0.15, 0.2) is 0 Å². The van der Waals surface area contributed by atoms with Gasteiger partial charge >= 0.3 is 108 Å². The molecule has 0 saturated carbocycles. The van der Waals surface area contributed by atoms with Crippen molar-refractivity contribution in [3.05, 3.63) is 71.8 Å². The Morgan fingerprint density at radius 3 is 1.94 bits per heavy atom. The molecule has 0 nitrogen and oxygen atoms in total. The molecule has 0 aliphatic carbocycles. The predicted octanol–water partition coefficient (Wildman–Crippen LogP) is 3.56. The van der Waals surface area contributed by atoms with Crippen LogP contribution in [0.1, 0.15) is 24.0 Å². The van der Waals surface area contributed by atoms with Crippen LogP contribution in [0.3, 0.4) is 0 Å². The van der Waals surface area contributed by atoms with E-state index in [-0.39, 0.29) is 0 Å². The van der Waals surface area contributed by atoms with Gasteiger partial charge in [-0.25, -0.2) is 0 Å². The molecule has 16 heavy (non-hydrogen) atoms. The summed E-state index contributed by atoms with van der Waals surface area (Å²) < 4.78 is 1.42. The van der Waals surface area contributed by atoms with Crippen molar-refractivity contribution in [3.63, 3.8) is 0 Å². The first-order valence-corrected chi connectivity index (χ1v) is 6.26. The second-order valence-electron chi connectivity index (χ2n) is 3.91. The zero-order valence-electron chi connectivity index (χ0n) is 9.35. The van der Waals surface area contributed by atoms with Gasteiger partial charge in [-0.2, -0.15) is 0 Å². The van der Waals surface area contributed by atoms with Gasteiger partial charge in [-0.05, 0) is 0 Å². The number of hydrogen-bond donors (Lipinski definition) is 0.